The molecule has 4 nitrogen and oxygen atoms in total. The Balaban J connectivity index is 1.91. The lowest BCUT2D eigenvalue weighted by Gasteiger charge is -2.08. The van der Waals surface area contributed by atoms with Crippen LogP contribution in [0.25, 0.3) is 17.1 Å². The van der Waals surface area contributed by atoms with E-state index in [0.29, 0.717) is 0 Å². The maximum absolute atomic E-state index is 5.29. The molecule has 0 spiro atoms. The van der Waals surface area contributed by atoms with Crippen LogP contribution in [-0.2, 0) is 6.42 Å². The Morgan fingerprint density at radius 1 is 1.09 bits per heavy atom. The van der Waals surface area contributed by atoms with Crippen molar-refractivity contribution < 1.29 is 4.74 Å². The molecule has 3 rings (SSSR count). The summed E-state index contributed by atoms with van der Waals surface area (Å²) in [4.78, 5) is 4.41. The van der Waals surface area contributed by atoms with Gasteiger partial charge in [-0.3, -0.25) is 0 Å². The van der Waals surface area contributed by atoms with Gasteiger partial charge in [-0.25, -0.2) is 9.67 Å². The average molecular weight is 307 g/mol. The van der Waals surface area contributed by atoms with Crippen LogP contribution in [0.15, 0.2) is 54.9 Å². The van der Waals surface area contributed by atoms with Gasteiger partial charge in [0.25, 0.3) is 0 Å². The lowest BCUT2D eigenvalue weighted by atomic mass is 10.1. The van der Waals surface area contributed by atoms with Gasteiger partial charge in [-0.2, -0.15) is 5.10 Å². The highest BCUT2D eigenvalue weighted by Gasteiger charge is 2.10. The van der Waals surface area contributed by atoms with Crippen LogP contribution in [0.5, 0.6) is 5.75 Å². The van der Waals surface area contributed by atoms with Gasteiger partial charge in [-0.05, 0) is 42.7 Å². The van der Waals surface area contributed by atoms with Crippen LogP contribution in [0, 0.1) is 0 Å². The van der Waals surface area contributed by atoms with Crippen molar-refractivity contribution in [1.82, 2.24) is 14.8 Å². The first kappa shape index (κ1) is 15.3. The molecule has 0 amide bonds. The van der Waals surface area contributed by atoms with E-state index in [9.17, 15) is 0 Å². The van der Waals surface area contributed by atoms with Crippen LogP contribution in [0.4, 0.5) is 0 Å². The van der Waals surface area contributed by atoms with E-state index in [1.54, 1.807) is 13.4 Å². The monoisotopic (exact) mass is 307 g/mol. The number of nitrogens with zero attached hydrogens (tertiary/aromatic N) is 3. The highest BCUT2D eigenvalue weighted by Crippen LogP contribution is 2.24. The molecule has 0 bridgehead atoms. The number of hydrogen-bond donors (Lipinski definition) is 0. The predicted molar refractivity (Wildman–Crippen MR) is 92.0 cm³/mol. The minimum absolute atomic E-state index is 0.810. The number of aryl methyl sites for hydroxylation is 1. The van der Waals surface area contributed by atoms with E-state index in [2.05, 4.69) is 41.3 Å². The zero-order valence-electron chi connectivity index (χ0n) is 13.6. The second-order valence-corrected chi connectivity index (χ2v) is 5.50. The molecule has 0 N–H and O–H groups in total. The third-order valence-electron chi connectivity index (χ3n) is 3.88. The molecule has 0 aliphatic heterocycles. The Morgan fingerprint density at radius 2 is 1.91 bits per heavy atom. The van der Waals surface area contributed by atoms with Gasteiger partial charge in [-0.15, -0.1) is 0 Å². The maximum Gasteiger partial charge on any atom is 0.163 e. The summed E-state index contributed by atoms with van der Waals surface area (Å²) in [6.07, 6.45) is 5.14. The summed E-state index contributed by atoms with van der Waals surface area (Å²) in [5, 5.41) is 4.37. The number of ether oxygens (including phenoxy) is 1. The molecule has 4 heteroatoms. The average Bonchev–Trinajstić information content (AvgIpc) is 3.10. The molecule has 0 fully saturated rings. The molecule has 0 unspecified atom stereocenters. The molecule has 0 aliphatic rings. The number of rotatable bonds is 6. The Hall–Kier alpha value is -2.62. The van der Waals surface area contributed by atoms with E-state index in [-0.39, 0.29) is 0 Å². The fraction of sp³-hybridized carbons (Fsp3) is 0.263. The van der Waals surface area contributed by atoms with Gasteiger partial charge < -0.3 is 4.74 Å². The Bertz CT molecular complexity index is 762. The molecule has 23 heavy (non-hydrogen) atoms. The van der Waals surface area contributed by atoms with E-state index in [1.165, 1.54) is 18.4 Å². The van der Waals surface area contributed by atoms with Gasteiger partial charge in [0.2, 0.25) is 0 Å². The summed E-state index contributed by atoms with van der Waals surface area (Å²) >= 11 is 0. The number of methoxy groups -OCH3 is 1. The summed E-state index contributed by atoms with van der Waals surface area (Å²) in [5.74, 6) is 1.62. The van der Waals surface area contributed by atoms with Crippen molar-refractivity contribution in [3.8, 4) is 22.8 Å². The maximum atomic E-state index is 5.29. The van der Waals surface area contributed by atoms with Crippen LogP contribution < -0.4 is 4.74 Å². The Labute approximate surface area is 136 Å². The summed E-state index contributed by atoms with van der Waals surface area (Å²) in [6, 6.07) is 16.4. The molecule has 3 aromatic rings. The van der Waals surface area contributed by atoms with E-state index in [1.807, 2.05) is 28.9 Å². The molecule has 0 atom stereocenters. The normalized spacial score (nSPS) is 10.7. The second-order valence-electron chi connectivity index (χ2n) is 5.50. The molecule has 0 saturated heterocycles. The zero-order chi connectivity index (χ0) is 16.1. The first-order valence-electron chi connectivity index (χ1n) is 7.95. The molecule has 2 aromatic carbocycles. The lowest BCUT2D eigenvalue weighted by molar-refractivity contribution is 0.415. The zero-order valence-corrected chi connectivity index (χ0v) is 13.6. The minimum atomic E-state index is 0.810. The number of hydrogen-bond acceptors (Lipinski definition) is 3. The number of benzene rings is 2. The molecular formula is C19H21N3O. The summed E-state index contributed by atoms with van der Waals surface area (Å²) in [5.41, 5.74) is 3.36. The third-order valence-corrected chi connectivity index (χ3v) is 3.88. The Kier molecular flexibility index (Phi) is 4.71. The van der Waals surface area contributed by atoms with Crippen molar-refractivity contribution in [2.24, 2.45) is 0 Å². The molecule has 1 heterocycles. The molecule has 0 saturated carbocycles. The Morgan fingerprint density at radius 3 is 2.65 bits per heavy atom. The number of aromatic nitrogens is 3. The van der Waals surface area contributed by atoms with Crippen molar-refractivity contribution in [3.05, 3.63) is 60.4 Å². The van der Waals surface area contributed by atoms with Crippen molar-refractivity contribution in [1.29, 1.82) is 0 Å². The molecule has 118 valence electrons. The molecular weight excluding hydrogens is 286 g/mol. The highest BCUT2D eigenvalue weighted by molar-refractivity contribution is 5.60. The predicted octanol–water partition coefficient (Wildman–Crippen LogP) is 4.29. The number of unbranched alkanes of at least 4 members (excludes halogenated alkanes) is 1. The minimum Gasteiger partial charge on any atom is -0.497 e. The summed E-state index contributed by atoms with van der Waals surface area (Å²) in [6.45, 7) is 2.21. The van der Waals surface area contributed by atoms with Gasteiger partial charge >= 0.3 is 0 Å². The van der Waals surface area contributed by atoms with Crippen molar-refractivity contribution in [2.75, 3.05) is 7.11 Å². The standard InChI is InChI=1S/C19H21N3O/c1-3-4-6-15-9-11-17(12-10-15)22-19(20-14-21-22)16-7-5-8-18(13-16)23-2/h5,7-14H,3-4,6H2,1-2H3. The van der Waals surface area contributed by atoms with Gasteiger partial charge in [0.05, 0.1) is 12.8 Å². The quantitative estimate of drug-likeness (QED) is 0.682. The largest absolute Gasteiger partial charge is 0.497 e. The summed E-state index contributed by atoms with van der Waals surface area (Å²) in [7, 11) is 1.67. The summed E-state index contributed by atoms with van der Waals surface area (Å²) < 4.78 is 7.15. The molecule has 0 aliphatic carbocycles. The molecule has 1 aromatic heterocycles. The van der Waals surface area contributed by atoms with Crippen molar-refractivity contribution in [3.63, 3.8) is 0 Å². The second kappa shape index (κ2) is 7.09. The lowest BCUT2D eigenvalue weighted by Crippen LogP contribution is -2.00. The first-order chi connectivity index (χ1) is 11.3. The van der Waals surface area contributed by atoms with E-state index in [4.69, 9.17) is 4.74 Å². The topological polar surface area (TPSA) is 39.9 Å². The van der Waals surface area contributed by atoms with Crippen molar-refractivity contribution >= 4 is 0 Å². The SMILES string of the molecule is CCCCc1ccc(-n2ncnc2-c2cccc(OC)c2)cc1. The van der Waals surface area contributed by atoms with Crippen LogP contribution >= 0.6 is 0 Å². The third kappa shape index (κ3) is 3.42. The van der Waals surface area contributed by atoms with Crippen LogP contribution in [-0.4, -0.2) is 21.9 Å². The van der Waals surface area contributed by atoms with Crippen LogP contribution in [0.3, 0.4) is 0 Å². The van der Waals surface area contributed by atoms with Gasteiger partial charge in [0.15, 0.2) is 5.82 Å². The smallest absolute Gasteiger partial charge is 0.163 e. The van der Waals surface area contributed by atoms with Gasteiger partial charge in [-0.1, -0.05) is 37.6 Å². The van der Waals surface area contributed by atoms with Gasteiger partial charge in [0.1, 0.15) is 12.1 Å². The molecule has 0 radical (unpaired) electrons. The van der Waals surface area contributed by atoms with Gasteiger partial charge in [0, 0.05) is 5.56 Å². The fourth-order valence-electron chi connectivity index (χ4n) is 2.57. The van der Waals surface area contributed by atoms with E-state index >= 15 is 0 Å². The van der Waals surface area contributed by atoms with E-state index in [0.717, 1.165) is 29.2 Å². The fourth-order valence-corrected chi connectivity index (χ4v) is 2.57. The first-order valence-corrected chi connectivity index (χ1v) is 7.95. The van der Waals surface area contributed by atoms with E-state index < -0.39 is 0 Å². The highest BCUT2D eigenvalue weighted by atomic mass is 16.5. The van der Waals surface area contributed by atoms with Crippen LogP contribution in [0.1, 0.15) is 25.3 Å². The van der Waals surface area contributed by atoms with Crippen molar-refractivity contribution in [2.45, 2.75) is 26.2 Å². The van der Waals surface area contributed by atoms with Crippen LogP contribution in [0.2, 0.25) is 0 Å².